The maximum absolute atomic E-state index is 4.26. The Morgan fingerprint density at radius 2 is 2.17 bits per heavy atom. The Kier molecular flexibility index (Phi) is 1.78. The molecule has 1 nitrogen and oxygen atoms in total. The predicted octanol–water partition coefficient (Wildman–Crippen LogP) is 2.61. The van der Waals surface area contributed by atoms with E-state index in [1.807, 2.05) is 12.3 Å². The number of benzene rings is 1. The molecule has 1 radical (unpaired) electrons. The minimum Gasteiger partial charge on any atom is -0.256 e. The number of pyridine rings is 1. The van der Waals surface area contributed by atoms with Crippen LogP contribution in [-0.4, -0.2) is 4.98 Å². The minimum absolute atomic E-state index is 0.826. The highest BCUT2D eigenvalue weighted by Gasteiger charge is 1.93. The molecule has 2 aromatic rings. The molecule has 0 unspecified atom stereocenters. The molecule has 0 fully saturated rings. The van der Waals surface area contributed by atoms with E-state index in [4.69, 9.17) is 0 Å². The standard InChI is InChI=1S/C11H10N/c1-2-9-5-6-10-4-3-7-12-11(10)8-9/h3-8H,1-2H2. The number of hydrogen-bond acceptors (Lipinski definition) is 1. The summed E-state index contributed by atoms with van der Waals surface area (Å²) in [6.07, 6.45) is 2.64. The average molecular weight is 156 g/mol. The van der Waals surface area contributed by atoms with Gasteiger partial charge >= 0.3 is 0 Å². The monoisotopic (exact) mass is 156 g/mol. The third-order valence-electron chi connectivity index (χ3n) is 1.96. The molecule has 0 saturated heterocycles. The topological polar surface area (TPSA) is 12.9 Å². The van der Waals surface area contributed by atoms with E-state index in [0.717, 1.165) is 11.9 Å². The van der Waals surface area contributed by atoms with Crippen molar-refractivity contribution in [1.29, 1.82) is 0 Å². The van der Waals surface area contributed by atoms with E-state index in [0.29, 0.717) is 0 Å². The highest BCUT2D eigenvalue weighted by Crippen LogP contribution is 2.12. The van der Waals surface area contributed by atoms with Gasteiger partial charge in [0, 0.05) is 11.6 Å². The lowest BCUT2D eigenvalue weighted by Gasteiger charge is -1.98. The summed E-state index contributed by atoms with van der Waals surface area (Å²) in [7, 11) is 0. The summed E-state index contributed by atoms with van der Waals surface area (Å²) in [5.41, 5.74) is 2.29. The van der Waals surface area contributed by atoms with Crippen molar-refractivity contribution in [1.82, 2.24) is 4.98 Å². The molecule has 0 N–H and O–H groups in total. The van der Waals surface area contributed by atoms with Crippen molar-refractivity contribution in [3.63, 3.8) is 0 Å². The fraction of sp³-hybridized carbons (Fsp3) is 0.0909. The molecule has 2 rings (SSSR count). The maximum Gasteiger partial charge on any atom is 0.0704 e. The quantitative estimate of drug-likeness (QED) is 0.618. The Morgan fingerprint density at radius 3 is 3.00 bits per heavy atom. The molecule has 1 aromatic heterocycles. The first kappa shape index (κ1) is 7.29. The Labute approximate surface area is 72.1 Å². The van der Waals surface area contributed by atoms with Crippen molar-refractivity contribution >= 4 is 10.9 Å². The molecule has 0 saturated carbocycles. The van der Waals surface area contributed by atoms with E-state index >= 15 is 0 Å². The highest BCUT2D eigenvalue weighted by atomic mass is 14.6. The van der Waals surface area contributed by atoms with Crippen LogP contribution in [-0.2, 0) is 6.42 Å². The molecule has 0 aliphatic heterocycles. The van der Waals surface area contributed by atoms with Gasteiger partial charge in [0.2, 0.25) is 0 Å². The maximum atomic E-state index is 4.26. The fourth-order valence-corrected chi connectivity index (χ4v) is 1.27. The number of nitrogens with zero attached hydrogens (tertiary/aromatic N) is 1. The van der Waals surface area contributed by atoms with Crippen LogP contribution < -0.4 is 0 Å². The Morgan fingerprint density at radius 1 is 1.25 bits per heavy atom. The lowest BCUT2D eigenvalue weighted by molar-refractivity contribution is 1.27. The Bertz CT molecular complexity index is 393. The van der Waals surface area contributed by atoms with Gasteiger partial charge in [-0.1, -0.05) is 18.2 Å². The molecular weight excluding hydrogens is 146 g/mol. The van der Waals surface area contributed by atoms with Crippen molar-refractivity contribution in [2.75, 3.05) is 0 Å². The second-order valence-electron chi connectivity index (χ2n) is 2.78. The molecule has 59 valence electrons. The van der Waals surface area contributed by atoms with Gasteiger partial charge < -0.3 is 0 Å². The van der Waals surface area contributed by atoms with Crippen molar-refractivity contribution < 1.29 is 0 Å². The second-order valence-corrected chi connectivity index (χ2v) is 2.78. The summed E-state index contributed by atoms with van der Waals surface area (Å²) in [6, 6.07) is 10.3. The summed E-state index contributed by atoms with van der Waals surface area (Å²) in [5.74, 6) is 0. The van der Waals surface area contributed by atoms with Crippen LogP contribution in [0.5, 0.6) is 0 Å². The molecule has 0 bridgehead atoms. The summed E-state index contributed by atoms with van der Waals surface area (Å²) >= 11 is 0. The Hall–Kier alpha value is -1.37. The fourth-order valence-electron chi connectivity index (χ4n) is 1.27. The molecule has 1 aromatic carbocycles. The average Bonchev–Trinajstić information content (AvgIpc) is 2.17. The molecular formula is C11H10N. The summed E-state index contributed by atoms with van der Waals surface area (Å²) in [5, 5.41) is 1.19. The predicted molar refractivity (Wildman–Crippen MR) is 50.8 cm³/mol. The van der Waals surface area contributed by atoms with Crippen molar-refractivity contribution in [3.8, 4) is 0 Å². The first-order valence-electron chi connectivity index (χ1n) is 4.03. The first-order valence-corrected chi connectivity index (χ1v) is 4.03. The summed E-state index contributed by atoms with van der Waals surface area (Å²) in [4.78, 5) is 4.26. The largest absolute Gasteiger partial charge is 0.256 e. The van der Waals surface area contributed by atoms with Crippen LogP contribution in [0.2, 0.25) is 0 Å². The van der Waals surface area contributed by atoms with Crippen LogP contribution in [0.15, 0.2) is 36.5 Å². The van der Waals surface area contributed by atoms with E-state index < -0.39 is 0 Å². The van der Waals surface area contributed by atoms with Gasteiger partial charge in [-0.3, -0.25) is 4.98 Å². The van der Waals surface area contributed by atoms with E-state index in [1.54, 1.807) is 0 Å². The van der Waals surface area contributed by atoms with E-state index in [-0.39, 0.29) is 0 Å². The molecule has 12 heavy (non-hydrogen) atoms. The number of hydrogen-bond donors (Lipinski definition) is 0. The highest BCUT2D eigenvalue weighted by molar-refractivity contribution is 5.78. The number of fused-ring (bicyclic) bond motifs is 1. The van der Waals surface area contributed by atoms with E-state index in [1.165, 1.54) is 10.9 Å². The van der Waals surface area contributed by atoms with Crippen LogP contribution in [0, 0.1) is 6.92 Å². The van der Waals surface area contributed by atoms with Crippen LogP contribution in [0.4, 0.5) is 0 Å². The summed E-state index contributed by atoms with van der Waals surface area (Å²) in [6.45, 7) is 3.83. The van der Waals surface area contributed by atoms with Gasteiger partial charge in [-0.2, -0.15) is 0 Å². The van der Waals surface area contributed by atoms with Gasteiger partial charge in [-0.15, -0.1) is 0 Å². The van der Waals surface area contributed by atoms with Gasteiger partial charge in [-0.05, 0) is 31.0 Å². The lowest BCUT2D eigenvalue weighted by Crippen LogP contribution is -1.82. The zero-order chi connectivity index (χ0) is 8.39. The molecule has 0 atom stereocenters. The van der Waals surface area contributed by atoms with Gasteiger partial charge in [0.25, 0.3) is 0 Å². The van der Waals surface area contributed by atoms with Gasteiger partial charge in [0.1, 0.15) is 0 Å². The van der Waals surface area contributed by atoms with Crippen LogP contribution >= 0.6 is 0 Å². The van der Waals surface area contributed by atoms with Crippen LogP contribution in [0.3, 0.4) is 0 Å². The molecule has 0 aliphatic rings. The van der Waals surface area contributed by atoms with Crippen molar-refractivity contribution in [3.05, 3.63) is 49.0 Å². The lowest BCUT2D eigenvalue weighted by atomic mass is 10.1. The van der Waals surface area contributed by atoms with Gasteiger partial charge in [0.15, 0.2) is 0 Å². The third-order valence-corrected chi connectivity index (χ3v) is 1.96. The van der Waals surface area contributed by atoms with Crippen LogP contribution in [0.1, 0.15) is 5.56 Å². The molecule has 0 spiro atoms. The minimum atomic E-state index is 0.826. The summed E-state index contributed by atoms with van der Waals surface area (Å²) < 4.78 is 0. The molecule has 0 aliphatic carbocycles. The first-order chi connectivity index (χ1) is 5.90. The SMILES string of the molecule is [CH2]Cc1ccc2cccnc2c1. The molecule has 0 amide bonds. The number of rotatable bonds is 1. The molecule has 1 heteroatoms. The van der Waals surface area contributed by atoms with Gasteiger partial charge in [0.05, 0.1) is 5.52 Å². The smallest absolute Gasteiger partial charge is 0.0704 e. The van der Waals surface area contributed by atoms with Gasteiger partial charge in [-0.25, -0.2) is 0 Å². The zero-order valence-electron chi connectivity index (χ0n) is 6.83. The normalized spacial score (nSPS) is 10.4. The molecule has 1 heterocycles. The van der Waals surface area contributed by atoms with E-state index in [2.05, 4.69) is 36.2 Å². The van der Waals surface area contributed by atoms with Crippen LogP contribution in [0.25, 0.3) is 10.9 Å². The third kappa shape index (κ3) is 1.18. The van der Waals surface area contributed by atoms with E-state index in [9.17, 15) is 0 Å². The zero-order valence-corrected chi connectivity index (χ0v) is 6.83. The van der Waals surface area contributed by atoms with Crippen molar-refractivity contribution in [2.24, 2.45) is 0 Å². The second kappa shape index (κ2) is 2.94. The number of aromatic nitrogens is 1. The van der Waals surface area contributed by atoms with Crippen molar-refractivity contribution in [2.45, 2.75) is 6.42 Å². The Balaban J connectivity index is 2.67.